The zero-order valence-corrected chi connectivity index (χ0v) is 17.4. The molecule has 0 aliphatic carbocycles. The first-order valence-electron chi connectivity index (χ1n) is 9.72. The lowest BCUT2D eigenvalue weighted by Crippen LogP contribution is -2.41. The SMILES string of the molecule is CCCCCCCCC[N+](C)(C)CCCCCCC.O=P(O)(O)O. The van der Waals surface area contributed by atoms with E-state index in [1.54, 1.807) is 0 Å². The van der Waals surface area contributed by atoms with Crippen LogP contribution in [-0.2, 0) is 4.57 Å². The average molecular weight is 369 g/mol. The second kappa shape index (κ2) is 16.5. The second-order valence-electron chi connectivity index (χ2n) is 7.43. The van der Waals surface area contributed by atoms with Gasteiger partial charge < -0.3 is 19.2 Å². The van der Waals surface area contributed by atoms with Gasteiger partial charge in [0.1, 0.15) is 0 Å². The molecule has 148 valence electrons. The first-order valence-corrected chi connectivity index (χ1v) is 11.3. The van der Waals surface area contributed by atoms with E-state index in [1.807, 2.05) is 0 Å². The largest absolute Gasteiger partial charge is 0.466 e. The van der Waals surface area contributed by atoms with Crippen molar-refractivity contribution in [2.24, 2.45) is 0 Å². The molecule has 0 amide bonds. The van der Waals surface area contributed by atoms with Crippen molar-refractivity contribution >= 4 is 7.82 Å². The maximum absolute atomic E-state index is 8.88. The van der Waals surface area contributed by atoms with Gasteiger partial charge in [-0.2, -0.15) is 0 Å². The topological polar surface area (TPSA) is 77.8 Å². The molecule has 6 heteroatoms. The van der Waals surface area contributed by atoms with Crippen molar-refractivity contribution in [1.29, 1.82) is 0 Å². The van der Waals surface area contributed by atoms with Gasteiger partial charge in [-0.15, -0.1) is 0 Å². The van der Waals surface area contributed by atoms with Gasteiger partial charge in [-0.05, 0) is 25.7 Å². The molecule has 0 fully saturated rings. The van der Waals surface area contributed by atoms with Crippen LogP contribution in [0.1, 0.15) is 90.9 Å². The van der Waals surface area contributed by atoms with Crippen LogP contribution in [0.3, 0.4) is 0 Å². The summed E-state index contributed by atoms with van der Waals surface area (Å²) >= 11 is 0. The highest BCUT2D eigenvalue weighted by atomic mass is 31.2. The Morgan fingerprint density at radius 3 is 1.17 bits per heavy atom. The van der Waals surface area contributed by atoms with Crippen LogP contribution in [0, 0.1) is 0 Å². The Hall–Kier alpha value is 0.0700. The van der Waals surface area contributed by atoms with Gasteiger partial charge >= 0.3 is 7.82 Å². The molecule has 0 spiro atoms. The molecule has 0 aromatic heterocycles. The van der Waals surface area contributed by atoms with Crippen molar-refractivity contribution in [3.63, 3.8) is 0 Å². The zero-order valence-electron chi connectivity index (χ0n) is 16.5. The molecular weight excluding hydrogens is 325 g/mol. The average Bonchev–Trinajstić information content (AvgIpc) is 2.44. The molecule has 24 heavy (non-hydrogen) atoms. The van der Waals surface area contributed by atoms with Crippen LogP contribution in [0.4, 0.5) is 0 Å². The van der Waals surface area contributed by atoms with Crippen molar-refractivity contribution < 1.29 is 23.7 Å². The quantitative estimate of drug-likeness (QED) is 0.232. The predicted octanol–water partition coefficient (Wildman–Crippen LogP) is 4.86. The maximum atomic E-state index is 8.88. The number of phosphoric acid groups is 1. The van der Waals surface area contributed by atoms with E-state index in [0.717, 1.165) is 0 Å². The molecule has 0 aromatic carbocycles. The van der Waals surface area contributed by atoms with Crippen LogP contribution in [0.25, 0.3) is 0 Å². The number of hydrogen-bond donors (Lipinski definition) is 3. The van der Waals surface area contributed by atoms with E-state index in [9.17, 15) is 0 Å². The Morgan fingerprint density at radius 2 is 0.875 bits per heavy atom. The minimum absolute atomic E-state index is 1.24. The van der Waals surface area contributed by atoms with Crippen molar-refractivity contribution in [3.8, 4) is 0 Å². The van der Waals surface area contributed by atoms with E-state index in [0.29, 0.717) is 0 Å². The molecule has 0 saturated heterocycles. The van der Waals surface area contributed by atoms with Gasteiger partial charge in [-0.25, -0.2) is 4.57 Å². The fourth-order valence-corrected chi connectivity index (χ4v) is 2.75. The van der Waals surface area contributed by atoms with Crippen LogP contribution in [0.5, 0.6) is 0 Å². The summed E-state index contributed by atoms with van der Waals surface area (Å²) in [7, 11) is 0.188. The Labute approximate surface area is 150 Å². The summed E-state index contributed by atoms with van der Waals surface area (Å²) in [6.45, 7) is 7.34. The second-order valence-corrected chi connectivity index (χ2v) is 8.46. The van der Waals surface area contributed by atoms with Gasteiger partial charge in [0.15, 0.2) is 0 Å². The number of rotatable bonds is 14. The molecule has 3 N–H and O–H groups in total. The molecule has 0 atom stereocenters. The standard InChI is InChI=1S/C18H40N.H3O4P/c1-5-7-9-11-12-14-16-18-19(3,4)17-15-13-10-8-6-2;1-5(2,3)4/h5-18H2,1-4H3;(H3,1,2,3,4)/q+1;. The number of hydrogen-bond acceptors (Lipinski definition) is 1. The first kappa shape index (κ1) is 26.3. The van der Waals surface area contributed by atoms with E-state index in [-0.39, 0.29) is 0 Å². The normalized spacial score (nSPS) is 12.0. The zero-order chi connectivity index (χ0) is 18.9. The molecule has 0 bridgehead atoms. The van der Waals surface area contributed by atoms with Crippen molar-refractivity contribution in [1.82, 2.24) is 0 Å². The highest BCUT2D eigenvalue weighted by Crippen LogP contribution is 2.25. The first-order chi connectivity index (χ1) is 11.1. The van der Waals surface area contributed by atoms with Crippen molar-refractivity contribution in [2.45, 2.75) is 90.9 Å². The van der Waals surface area contributed by atoms with Gasteiger partial charge in [0, 0.05) is 0 Å². The molecule has 0 radical (unpaired) electrons. The van der Waals surface area contributed by atoms with Crippen LogP contribution in [0.15, 0.2) is 0 Å². The fourth-order valence-electron chi connectivity index (χ4n) is 2.75. The molecule has 0 aromatic rings. The van der Waals surface area contributed by atoms with Gasteiger partial charge in [-0.1, -0.05) is 65.2 Å². The lowest BCUT2D eigenvalue weighted by atomic mass is 10.1. The highest BCUT2D eigenvalue weighted by molar-refractivity contribution is 7.45. The third kappa shape index (κ3) is 30.0. The lowest BCUT2D eigenvalue weighted by molar-refractivity contribution is -0.890. The summed E-state index contributed by atoms with van der Waals surface area (Å²) in [6, 6.07) is 0. The molecule has 0 heterocycles. The fraction of sp³-hybridized carbons (Fsp3) is 1.00. The Kier molecular flexibility index (Phi) is 18.1. The molecule has 0 unspecified atom stereocenters. The van der Waals surface area contributed by atoms with Gasteiger partial charge in [-0.3, -0.25) is 0 Å². The van der Waals surface area contributed by atoms with Gasteiger partial charge in [0.2, 0.25) is 0 Å². The Bertz CT molecular complexity index is 297. The monoisotopic (exact) mass is 368 g/mol. The molecule has 0 saturated carbocycles. The minimum atomic E-state index is -4.64. The number of unbranched alkanes of at least 4 members (excludes halogenated alkanes) is 10. The molecular formula is C18H43NO4P+. The van der Waals surface area contributed by atoms with Gasteiger partial charge in [0.25, 0.3) is 0 Å². The third-order valence-electron chi connectivity index (χ3n) is 4.23. The predicted molar refractivity (Wildman–Crippen MR) is 103 cm³/mol. The van der Waals surface area contributed by atoms with Crippen molar-refractivity contribution in [3.05, 3.63) is 0 Å². The van der Waals surface area contributed by atoms with Crippen LogP contribution in [0.2, 0.25) is 0 Å². The van der Waals surface area contributed by atoms with E-state index >= 15 is 0 Å². The van der Waals surface area contributed by atoms with Gasteiger partial charge in [0.05, 0.1) is 27.2 Å². The van der Waals surface area contributed by atoms with E-state index < -0.39 is 7.82 Å². The summed E-state index contributed by atoms with van der Waals surface area (Å²) in [6.07, 6.45) is 17.1. The Morgan fingerprint density at radius 1 is 0.625 bits per heavy atom. The molecule has 0 aliphatic rings. The highest BCUT2D eigenvalue weighted by Gasteiger charge is 2.13. The molecule has 0 rings (SSSR count). The minimum Gasteiger partial charge on any atom is -0.328 e. The smallest absolute Gasteiger partial charge is 0.328 e. The van der Waals surface area contributed by atoms with Crippen LogP contribution in [-0.4, -0.2) is 46.3 Å². The molecule has 5 nitrogen and oxygen atoms in total. The summed E-state index contributed by atoms with van der Waals surface area (Å²) in [5, 5.41) is 0. The van der Waals surface area contributed by atoms with E-state index in [4.69, 9.17) is 19.2 Å². The lowest BCUT2D eigenvalue weighted by Gasteiger charge is -2.30. The maximum Gasteiger partial charge on any atom is 0.466 e. The summed E-state index contributed by atoms with van der Waals surface area (Å²) < 4.78 is 10.1. The molecule has 0 aliphatic heterocycles. The van der Waals surface area contributed by atoms with Crippen LogP contribution < -0.4 is 0 Å². The number of quaternary nitrogens is 1. The summed E-state index contributed by atoms with van der Waals surface area (Å²) in [5.41, 5.74) is 0. The van der Waals surface area contributed by atoms with Crippen molar-refractivity contribution in [2.75, 3.05) is 27.2 Å². The van der Waals surface area contributed by atoms with E-state index in [1.165, 1.54) is 94.6 Å². The number of nitrogens with zero attached hydrogens (tertiary/aromatic N) is 1. The Balaban J connectivity index is 0. The van der Waals surface area contributed by atoms with E-state index in [2.05, 4.69) is 27.9 Å². The van der Waals surface area contributed by atoms with Crippen LogP contribution >= 0.6 is 7.82 Å². The third-order valence-corrected chi connectivity index (χ3v) is 4.23. The summed E-state index contributed by atoms with van der Waals surface area (Å²) in [4.78, 5) is 21.6. The summed E-state index contributed by atoms with van der Waals surface area (Å²) in [5.74, 6) is 0.